The molecule has 0 radical (unpaired) electrons. The van der Waals surface area contributed by atoms with Gasteiger partial charge in [0.1, 0.15) is 5.82 Å². The summed E-state index contributed by atoms with van der Waals surface area (Å²) < 4.78 is 5.02. The Hall–Kier alpha value is -1.56. The first-order valence-corrected chi connectivity index (χ1v) is 5.65. The van der Waals surface area contributed by atoms with Gasteiger partial charge in [0.25, 0.3) is 0 Å². The Balaban J connectivity index is 2.49. The molecule has 1 heterocycles. The van der Waals surface area contributed by atoms with Gasteiger partial charge in [-0.05, 0) is 20.9 Å². The molecule has 0 aliphatic rings. The maximum absolute atomic E-state index is 5.56. The number of ether oxygens (including phenoxy) is 1. The van der Waals surface area contributed by atoms with Crippen LogP contribution in [0.5, 0.6) is 5.88 Å². The SMILES string of the molecule is COc1cc(NCCN(C)C(C)C)nc(N)n1. The van der Waals surface area contributed by atoms with Gasteiger partial charge in [-0.3, -0.25) is 0 Å². The van der Waals surface area contributed by atoms with Crippen LogP contribution in [-0.2, 0) is 0 Å². The summed E-state index contributed by atoms with van der Waals surface area (Å²) in [6.07, 6.45) is 0. The number of nitrogens with one attached hydrogen (secondary N) is 1. The molecule has 0 atom stereocenters. The predicted molar refractivity (Wildman–Crippen MR) is 69.3 cm³/mol. The molecule has 0 unspecified atom stereocenters. The van der Waals surface area contributed by atoms with Gasteiger partial charge in [-0.25, -0.2) is 0 Å². The van der Waals surface area contributed by atoms with E-state index in [0.29, 0.717) is 17.7 Å². The number of rotatable bonds is 6. The predicted octanol–water partition coefficient (Wildman–Crippen LogP) is 0.819. The van der Waals surface area contributed by atoms with Gasteiger partial charge in [-0.1, -0.05) is 0 Å². The fourth-order valence-corrected chi connectivity index (χ4v) is 1.26. The van der Waals surface area contributed by atoms with Gasteiger partial charge < -0.3 is 20.7 Å². The average Bonchev–Trinajstić information content (AvgIpc) is 2.27. The minimum Gasteiger partial charge on any atom is -0.481 e. The van der Waals surface area contributed by atoms with E-state index in [1.165, 1.54) is 0 Å². The number of likely N-dealkylation sites (N-methyl/N-ethyl adjacent to an activating group) is 1. The second-order valence-corrected chi connectivity index (χ2v) is 4.15. The zero-order valence-electron chi connectivity index (χ0n) is 10.9. The smallest absolute Gasteiger partial charge is 0.225 e. The molecule has 1 aromatic heterocycles. The van der Waals surface area contributed by atoms with Gasteiger partial charge in [-0.2, -0.15) is 9.97 Å². The van der Waals surface area contributed by atoms with E-state index in [0.717, 1.165) is 13.1 Å². The normalized spacial score (nSPS) is 10.9. The van der Waals surface area contributed by atoms with E-state index < -0.39 is 0 Å². The number of hydrogen-bond donors (Lipinski definition) is 2. The summed E-state index contributed by atoms with van der Waals surface area (Å²) in [6.45, 7) is 6.05. The van der Waals surface area contributed by atoms with Crippen molar-refractivity contribution >= 4 is 11.8 Å². The van der Waals surface area contributed by atoms with Crippen LogP contribution in [0.3, 0.4) is 0 Å². The first kappa shape index (κ1) is 13.5. The van der Waals surface area contributed by atoms with Crippen molar-refractivity contribution in [3.05, 3.63) is 6.07 Å². The molecule has 0 spiro atoms. The molecule has 1 rings (SSSR count). The summed E-state index contributed by atoms with van der Waals surface area (Å²) in [7, 11) is 3.64. The van der Waals surface area contributed by atoms with Crippen LogP contribution >= 0.6 is 0 Å². The van der Waals surface area contributed by atoms with Crippen LogP contribution in [0.4, 0.5) is 11.8 Å². The second kappa shape index (κ2) is 6.24. The molecule has 6 nitrogen and oxygen atoms in total. The van der Waals surface area contributed by atoms with Gasteiger partial charge >= 0.3 is 0 Å². The summed E-state index contributed by atoms with van der Waals surface area (Å²) >= 11 is 0. The molecule has 6 heteroatoms. The van der Waals surface area contributed by atoms with Gasteiger partial charge in [-0.15, -0.1) is 0 Å². The summed E-state index contributed by atoms with van der Waals surface area (Å²) in [4.78, 5) is 10.2. The molecule has 17 heavy (non-hydrogen) atoms. The number of aromatic nitrogens is 2. The lowest BCUT2D eigenvalue weighted by atomic mass is 10.3. The fraction of sp³-hybridized carbons (Fsp3) is 0.636. The van der Waals surface area contributed by atoms with Crippen LogP contribution in [0.1, 0.15) is 13.8 Å². The Morgan fingerprint density at radius 1 is 1.47 bits per heavy atom. The van der Waals surface area contributed by atoms with Crippen molar-refractivity contribution in [3.63, 3.8) is 0 Å². The summed E-state index contributed by atoms with van der Waals surface area (Å²) in [6, 6.07) is 2.26. The standard InChI is InChI=1S/C11H21N5O/c1-8(2)16(3)6-5-13-9-7-10(17-4)15-11(12)14-9/h7-8H,5-6H2,1-4H3,(H3,12,13,14,15). The molecule has 1 aromatic rings. The highest BCUT2D eigenvalue weighted by Crippen LogP contribution is 2.13. The quantitative estimate of drug-likeness (QED) is 0.765. The van der Waals surface area contributed by atoms with Gasteiger partial charge in [0.05, 0.1) is 7.11 Å². The third-order valence-corrected chi connectivity index (χ3v) is 2.58. The number of anilines is 2. The topological polar surface area (TPSA) is 76.3 Å². The lowest BCUT2D eigenvalue weighted by Gasteiger charge is -2.21. The molecule has 96 valence electrons. The van der Waals surface area contributed by atoms with E-state index in [9.17, 15) is 0 Å². The molecule has 0 fully saturated rings. The molecule has 0 aromatic carbocycles. The van der Waals surface area contributed by atoms with Crippen LogP contribution in [0, 0.1) is 0 Å². The monoisotopic (exact) mass is 239 g/mol. The van der Waals surface area contributed by atoms with Crippen molar-refractivity contribution in [1.29, 1.82) is 0 Å². The zero-order valence-corrected chi connectivity index (χ0v) is 10.9. The van der Waals surface area contributed by atoms with Gasteiger partial charge in [0.2, 0.25) is 11.8 Å². The van der Waals surface area contributed by atoms with Crippen molar-refractivity contribution in [1.82, 2.24) is 14.9 Å². The Morgan fingerprint density at radius 3 is 2.76 bits per heavy atom. The van der Waals surface area contributed by atoms with E-state index >= 15 is 0 Å². The van der Waals surface area contributed by atoms with Crippen molar-refractivity contribution in [3.8, 4) is 5.88 Å². The largest absolute Gasteiger partial charge is 0.481 e. The Morgan fingerprint density at radius 2 is 2.18 bits per heavy atom. The summed E-state index contributed by atoms with van der Waals surface area (Å²) in [5, 5.41) is 3.19. The first-order valence-electron chi connectivity index (χ1n) is 5.65. The van der Waals surface area contributed by atoms with Crippen LogP contribution in [0.2, 0.25) is 0 Å². The number of methoxy groups -OCH3 is 1. The average molecular weight is 239 g/mol. The van der Waals surface area contributed by atoms with Crippen LogP contribution in [-0.4, -0.2) is 48.2 Å². The third kappa shape index (κ3) is 4.44. The molecule has 0 aliphatic carbocycles. The van der Waals surface area contributed by atoms with Gasteiger partial charge in [0, 0.05) is 25.2 Å². The van der Waals surface area contributed by atoms with Crippen molar-refractivity contribution in [2.75, 3.05) is 38.3 Å². The second-order valence-electron chi connectivity index (χ2n) is 4.15. The van der Waals surface area contributed by atoms with E-state index in [4.69, 9.17) is 10.5 Å². The highest BCUT2D eigenvalue weighted by Gasteiger charge is 2.04. The Kier molecular flexibility index (Phi) is 4.96. The Bertz CT molecular complexity index is 356. The van der Waals surface area contributed by atoms with Crippen LogP contribution in [0.25, 0.3) is 0 Å². The first-order chi connectivity index (χ1) is 8.02. The summed E-state index contributed by atoms with van der Waals surface area (Å²) in [5.41, 5.74) is 5.56. The fourth-order valence-electron chi connectivity index (χ4n) is 1.26. The van der Waals surface area contributed by atoms with E-state index in [2.05, 4.69) is 41.1 Å². The minimum atomic E-state index is 0.212. The maximum atomic E-state index is 5.56. The van der Waals surface area contributed by atoms with Crippen LogP contribution < -0.4 is 15.8 Å². The molecule has 0 aliphatic heterocycles. The van der Waals surface area contributed by atoms with E-state index in [1.54, 1.807) is 13.2 Å². The Labute approximate surface area is 102 Å². The highest BCUT2D eigenvalue weighted by atomic mass is 16.5. The van der Waals surface area contributed by atoms with Crippen LogP contribution in [0.15, 0.2) is 6.07 Å². The molecule has 0 bridgehead atoms. The van der Waals surface area contributed by atoms with E-state index in [-0.39, 0.29) is 5.95 Å². The number of nitrogens with two attached hydrogens (primary N) is 1. The molecule has 0 amide bonds. The van der Waals surface area contributed by atoms with Crippen molar-refractivity contribution in [2.24, 2.45) is 0 Å². The number of nitrogen functional groups attached to an aromatic ring is 1. The number of nitrogens with zero attached hydrogens (tertiary/aromatic N) is 3. The minimum absolute atomic E-state index is 0.212. The molecular weight excluding hydrogens is 218 g/mol. The van der Waals surface area contributed by atoms with E-state index in [1.807, 2.05) is 0 Å². The summed E-state index contributed by atoms with van der Waals surface area (Å²) in [5.74, 6) is 1.37. The highest BCUT2D eigenvalue weighted by molar-refractivity contribution is 5.42. The molecular formula is C11H21N5O. The lowest BCUT2D eigenvalue weighted by molar-refractivity contribution is 0.284. The number of hydrogen-bond acceptors (Lipinski definition) is 6. The third-order valence-electron chi connectivity index (χ3n) is 2.58. The lowest BCUT2D eigenvalue weighted by Crippen LogP contribution is -2.31. The zero-order chi connectivity index (χ0) is 12.8. The molecule has 0 saturated carbocycles. The molecule has 0 saturated heterocycles. The maximum Gasteiger partial charge on any atom is 0.225 e. The molecule has 3 N–H and O–H groups in total. The van der Waals surface area contributed by atoms with Crippen molar-refractivity contribution < 1.29 is 4.74 Å². The van der Waals surface area contributed by atoms with Crippen molar-refractivity contribution in [2.45, 2.75) is 19.9 Å². The van der Waals surface area contributed by atoms with Gasteiger partial charge in [0.15, 0.2) is 0 Å².